The minimum Gasteiger partial charge on any atom is -0.384 e. The van der Waals surface area contributed by atoms with Crippen LogP contribution < -0.4 is 0 Å². The summed E-state index contributed by atoms with van der Waals surface area (Å²) < 4.78 is 5.21. The largest absolute Gasteiger partial charge is 0.384 e. The summed E-state index contributed by atoms with van der Waals surface area (Å²) in [6.45, 7) is 4.83. The summed E-state index contributed by atoms with van der Waals surface area (Å²) >= 11 is 0. The van der Waals surface area contributed by atoms with Crippen LogP contribution in [0.4, 0.5) is 0 Å². The number of methoxy groups -OCH3 is 1. The summed E-state index contributed by atoms with van der Waals surface area (Å²) in [5.41, 5.74) is -0.126. The van der Waals surface area contributed by atoms with Gasteiger partial charge in [0, 0.05) is 13.5 Å². The zero-order valence-corrected chi connectivity index (χ0v) is 9.64. The van der Waals surface area contributed by atoms with E-state index in [1.54, 1.807) is 7.11 Å². The summed E-state index contributed by atoms with van der Waals surface area (Å²) in [6, 6.07) is 0. The molecule has 0 N–H and O–H groups in total. The lowest BCUT2D eigenvalue weighted by molar-refractivity contribution is -0.132. The highest BCUT2D eigenvalue weighted by Crippen LogP contribution is 2.40. The maximum absolute atomic E-state index is 12.1. The molecule has 2 nitrogen and oxygen atoms in total. The predicted octanol–water partition coefficient (Wildman–Crippen LogP) is 2.81. The van der Waals surface area contributed by atoms with Crippen molar-refractivity contribution in [3.05, 3.63) is 0 Å². The molecule has 1 saturated carbocycles. The molecule has 0 saturated heterocycles. The highest BCUT2D eigenvalue weighted by molar-refractivity contribution is 5.85. The van der Waals surface area contributed by atoms with Gasteiger partial charge in [0.1, 0.15) is 5.78 Å². The Labute approximate surface area is 87.0 Å². The lowest BCUT2D eigenvalue weighted by atomic mass is 9.79. The van der Waals surface area contributed by atoms with Crippen LogP contribution in [0.1, 0.15) is 46.0 Å². The molecule has 0 aromatic carbocycles. The third-order valence-electron chi connectivity index (χ3n) is 3.17. The first-order chi connectivity index (χ1) is 6.60. The molecule has 0 radical (unpaired) electrons. The molecule has 0 aromatic rings. The molecule has 1 rings (SSSR count). The molecule has 0 amide bonds. The smallest absolute Gasteiger partial charge is 0.141 e. The zero-order valence-electron chi connectivity index (χ0n) is 9.64. The van der Waals surface area contributed by atoms with E-state index in [4.69, 9.17) is 4.74 Å². The molecular formula is C12H22O2. The number of ether oxygens (including phenoxy) is 1. The zero-order chi connectivity index (χ0) is 10.6. The molecule has 0 atom stereocenters. The van der Waals surface area contributed by atoms with E-state index < -0.39 is 0 Å². The van der Waals surface area contributed by atoms with E-state index in [0.717, 1.165) is 12.8 Å². The number of carbonyl (C=O) groups is 1. The Hall–Kier alpha value is -0.370. The van der Waals surface area contributed by atoms with Gasteiger partial charge in [-0.1, -0.05) is 26.7 Å². The van der Waals surface area contributed by atoms with Crippen LogP contribution >= 0.6 is 0 Å². The Morgan fingerprint density at radius 3 is 2.36 bits per heavy atom. The van der Waals surface area contributed by atoms with E-state index in [0.29, 0.717) is 24.7 Å². The molecule has 1 aliphatic rings. The predicted molar refractivity (Wildman–Crippen MR) is 57.2 cm³/mol. The number of Topliss-reactive ketones (excluding diaryl/α,β-unsaturated/α-hetero) is 1. The summed E-state index contributed by atoms with van der Waals surface area (Å²) in [4.78, 5) is 12.1. The van der Waals surface area contributed by atoms with Crippen molar-refractivity contribution >= 4 is 5.78 Å². The summed E-state index contributed by atoms with van der Waals surface area (Å²) in [5.74, 6) is 0.892. The molecule has 0 spiro atoms. The van der Waals surface area contributed by atoms with Crippen LogP contribution in [0.15, 0.2) is 0 Å². The Kier molecular flexibility index (Phi) is 4.11. The highest BCUT2D eigenvalue weighted by Gasteiger charge is 2.40. The average Bonchev–Trinajstić information content (AvgIpc) is 2.53. The van der Waals surface area contributed by atoms with Crippen molar-refractivity contribution in [3.8, 4) is 0 Å². The topological polar surface area (TPSA) is 26.3 Å². The quantitative estimate of drug-likeness (QED) is 0.679. The monoisotopic (exact) mass is 198 g/mol. The first-order valence-corrected chi connectivity index (χ1v) is 5.63. The van der Waals surface area contributed by atoms with Gasteiger partial charge in [0.15, 0.2) is 0 Å². The van der Waals surface area contributed by atoms with E-state index in [2.05, 4.69) is 13.8 Å². The SMILES string of the molecule is COCC1(C(=O)CC(C)C)CCCC1. The van der Waals surface area contributed by atoms with Crippen molar-refractivity contribution in [2.45, 2.75) is 46.0 Å². The maximum Gasteiger partial charge on any atom is 0.141 e. The van der Waals surface area contributed by atoms with E-state index in [1.165, 1.54) is 12.8 Å². The van der Waals surface area contributed by atoms with Crippen molar-refractivity contribution in [1.82, 2.24) is 0 Å². The van der Waals surface area contributed by atoms with Crippen molar-refractivity contribution < 1.29 is 9.53 Å². The first kappa shape index (κ1) is 11.7. The molecule has 0 unspecified atom stereocenters. The molecule has 82 valence electrons. The third kappa shape index (κ3) is 2.57. The first-order valence-electron chi connectivity index (χ1n) is 5.63. The van der Waals surface area contributed by atoms with Crippen molar-refractivity contribution in [2.75, 3.05) is 13.7 Å². The molecule has 0 aliphatic heterocycles. The van der Waals surface area contributed by atoms with Gasteiger partial charge in [0.2, 0.25) is 0 Å². The molecule has 14 heavy (non-hydrogen) atoms. The lowest BCUT2D eigenvalue weighted by Gasteiger charge is -2.27. The van der Waals surface area contributed by atoms with Gasteiger partial charge in [-0.3, -0.25) is 4.79 Å². The van der Waals surface area contributed by atoms with Gasteiger partial charge in [-0.05, 0) is 18.8 Å². The van der Waals surface area contributed by atoms with Crippen LogP contribution in [0.2, 0.25) is 0 Å². The molecule has 1 aliphatic carbocycles. The Balaban J connectivity index is 2.62. The van der Waals surface area contributed by atoms with Gasteiger partial charge in [0.05, 0.1) is 12.0 Å². The van der Waals surface area contributed by atoms with E-state index in [-0.39, 0.29) is 5.41 Å². The fraction of sp³-hybridized carbons (Fsp3) is 0.917. The molecular weight excluding hydrogens is 176 g/mol. The number of hydrogen-bond acceptors (Lipinski definition) is 2. The van der Waals surface area contributed by atoms with Crippen LogP contribution in [0.5, 0.6) is 0 Å². The second-order valence-electron chi connectivity index (χ2n) is 4.94. The molecule has 0 aromatic heterocycles. The Morgan fingerprint density at radius 1 is 1.36 bits per heavy atom. The minimum absolute atomic E-state index is 0.126. The van der Waals surface area contributed by atoms with Crippen LogP contribution in [0.25, 0.3) is 0 Å². The molecule has 2 heteroatoms. The summed E-state index contributed by atoms with van der Waals surface area (Å²) in [7, 11) is 1.70. The van der Waals surface area contributed by atoms with Crippen LogP contribution in [-0.4, -0.2) is 19.5 Å². The number of carbonyl (C=O) groups excluding carboxylic acids is 1. The van der Waals surface area contributed by atoms with Gasteiger partial charge < -0.3 is 4.74 Å². The van der Waals surface area contributed by atoms with Gasteiger partial charge in [-0.15, -0.1) is 0 Å². The summed E-state index contributed by atoms with van der Waals surface area (Å²) in [6.07, 6.45) is 5.16. The van der Waals surface area contributed by atoms with E-state index in [1.807, 2.05) is 0 Å². The standard InChI is InChI=1S/C12H22O2/c1-10(2)8-11(13)12(9-14-3)6-4-5-7-12/h10H,4-9H2,1-3H3. The van der Waals surface area contributed by atoms with Crippen LogP contribution in [0.3, 0.4) is 0 Å². The molecule has 0 bridgehead atoms. The van der Waals surface area contributed by atoms with E-state index in [9.17, 15) is 4.79 Å². The van der Waals surface area contributed by atoms with Crippen molar-refractivity contribution in [2.24, 2.45) is 11.3 Å². The average molecular weight is 198 g/mol. The fourth-order valence-electron chi connectivity index (χ4n) is 2.42. The van der Waals surface area contributed by atoms with Gasteiger partial charge in [0.25, 0.3) is 0 Å². The minimum atomic E-state index is -0.126. The number of rotatable bonds is 5. The molecule has 1 fully saturated rings. The second-order valence-corrected chi connectivity index (χ2v) is 4.94. The van der Waals surface area contributed by atoms with Gasteiger partial charge in [-0.2, -0.15) is 0 Å². The fourth-order valence-corrected chi connectivity index (χ4v) is 2.42. The molecule has 0 heterocycles. The lowest BCUT2D eigenvalue weighted by Crippen LogP contribution is -2.33. The third-order valence-corrected chi connectivity index (χ3v) is 3.17. The van der Waals surface area contributed by atoms with Gasteiger partial charge >= 0.3 is 0 Å². The number of ketones is 1. The van der Waals surface area contributed by atoms with E-state index >= 15 is 0 Å². The van der Waals surface area contributed by atoms with Crippen LogP contribution in [-0.2, 0) is 9.53 Å². The Bertz CT molecular complexity index is 190. The summed E-state index contributed by atoms with van der Waals surface area (Å²) in [5, 5.41) is 0. The maximum atomic E-state index is 12.1. The van der Waals surface area contributed by atoms with Crippen molar-refractivity contribution in [1.29, 1.82) is 0 Å². The second kappa shape index (κ2) is 4.92. The normalized spacial score (nSPS) is 20.3. The van der Waals surface area contributed by atoms with Gasteiger partial charge in [-0.25, -0.2) is 0 Å². The van der Waals surface area contributed by atoms with Crippen LogP contribution in [0, 0.1) is 11.3 Å². The number of hydrogen-bond donors (Lipinski definition) is 0. The van der Waals surface area contributed by atoms with Crippen molar-refractivity contribution in [3.63, 3.8) is 0 Å². The Morgan fingerprint density at radius 2 is 1.93 bits per heavy atom. The highest BCUT2D eigenvalue weighted by atomic mass is 16.5.